The van der Waals surface area contributed by atoms with Crippen molar-refractivity contribution in [1.29, 1.82) is 0 Å². The molecule has 5 N–H and O–H groups in total. The van der Waals surface area contributed by atoms with E-state index in [9.17, 15) is 0 Å². The van der Waals surface area contributed by atoms with Gasteiger partial charge in [0.05, 0.1) is 7.11 Å². The Labute approximate surface area is 850 Å². The minimum atomic E-state index is 0.546. The smallest absolute Gasteiger partial charge is 0.230 e. The van der Waals surface area contributed by atoms with E-state index in [2.05, 4.69) is 306 Å². The van der Waals surface area contributed by atoms with Gasteiger partial charge in [0.25, 0.3) is 0 Å². The van der Waals surface area contributed by atoms with Crippen LogP contribution in [0.5, 0.6) is 5.75 Å². The third-order valence-corrected chi connectivity index (χ3v) is 23.8. The summed E-state index contributed by atoms with van der Waals surface area (Å²) in [6, 6.07) is 136. The molecule has 15 aromatic carbocycles. The van der Waals surface area contributed by atoms with Crippen molar-refractivity contribution in [2.75, 3.05) is 33.7 Å². The Morgan fingerprint density at radius 1 is 0.179 bits per heavy atom. The third-order valence-electron chi connectivity index (χ3n) is 23.8. The van der Waals surface area contributed by atoms with Gasteiger partial charge in [-0.3, -0.25) is 0 Å². The van der Waals surface area contributed by atoms with Crippen LogP contribution in [0, 0.1) is 55.4 Å². The fraction of sp³-hybridized carbons (Fsp3) is 0.153. The molecule has 0 saturated heterocycles. The number of para-hydroxylation sites is 2. The summed E-state index contributed by atoms with van der Waals surface area (Å²) >= 11 is 0. The van der Waals surface area contributed by atoms with Gasteiger partial charge in [0.15, 0.2) is 0 Å². The lowest BCUT2D eigenvalue weighted by atomic mass is 10.1. The van der Waals surface area contributed by atoms with Crippen molar-refractivity contribution in [1.82, 2.24) is 74.8 Å². The first kappa shape index (κ1) is 100. The number of nitrogens with one attached hydrogen (secondary N) is 5. The molecule has 0 amide bonds. The van der Waals surface area contributed by atoms with Crippen molar-refractivity contribution in [3.05, 3.63) is 559 Å². The highest BCUT2D eigenvalue weighted by Gasteiger charge is 2.19. The minimum absolute atomic E-state index is 0.546. The maximum atomic E-state index is 5.24. The van der Waals surface area contributed by atoms with E-state index in [-0.39, 0.29) is 0 Å². The Bertz CT molecular complexity index is 7170. The summed E-state index contributed by atoms with van der Waals surface area (Å²) in [5, 5.41) is 16.8. The predicted molar refractivity (Wildman–Crippen MR) is 585 cm³/mol. The Balaban J connectivity index is 0.000000130. The lowest BCUT2D eigenvalue weighted by Crippen LogP contribution is -2.09. The summed E-state index contributed by atoms with van der Waals surface area (Å²) in [5.41, 5.74) is 26.3. The van der Waals surface area contributed by atoms with E-state index in [0.717, 1.165) is 98.0 Å². The highest BCUT2D eigenvalue weighted by molar-refractivity contribution is 5.64. The largest absolute Gasteiger partial charge is 0.497 e. The van der Waals surface area contributed by atoms with E-state index >= 15 is 0 Å². The third kappa shape index (κ3) is 31.8. The lowest BCUT2D eigenvalue weighted by molar-refractivity contribution is 0.415. The number of methoxy groups -OCH3 is 1. The standard InChI is InChI=1S/C26H26N4O.2C25H24N4.2C24H22N4/c1-18-4-8-20(9-5-18)16-24-28-25(17-21-10-6-19(2)7-11-21)30-26(29-24)27-22-12-14-23(31-3)15-13-22;1-18-10-9-11-19(2)24(18)29-25-27-22(16-20-12-5-3-6-13-20)26-23(28-25)17-21-14-7-4-8-15-21;1-18-10-9-15-22(19(18)2)26-25-28-23(16-20-11-5-3-6-12-20)27-24(29-25)17-21-13-7-4-8-14-21;1-18-10-8-9-15-21(18)25-24-27-22(16-19-11-4-2-5-12-19)26-23(28-24)17-20-13-6-3-7-14-20;1-18-9-8-14-21(15-18)25-24-27-22(16-19-10-4-2-5-11-19)26-23(28-24)17-20-12-6-3-7-13-20/h4-15H,16-17H2,1-3H3,(H,27,28,29,30);2*3-15H,16-17H2,1-2H3,(H,26,27,28,29);2*2-15H,16-17H2,1H3,(H,25,26,27,28). The van der Waals surface area contributed by atoms with E-state index < -0.39 is 0 Å². The number of aryl methyl sites for hydroxylation is 7. The number of hydrogen-bond donors (Lipinski definition) is 5. The number of nitrogens with zero attached hydrogens (tertiary/aromatic N) is 15. The maximum Gasteiger partial charge on any atom is 0.230 e. The highest BCUT2D eigenvalue weighted by Crippen LogP contribution is 2.29. The molecule has 0 saturated carbocycles. The zero-order chi connectivity index (χ0) is 100. The van der Waals surface area contributed by atoms with E-state index in [4.69, 9.17) is 49.6 Å². The molecule has 0 spiro atoms. The summed E-state index contributed by atoms with van der Waals surface area (Å²) in [6.45, 7) is 16.7. The van der Waals surface area contributed by atoms with Gasteiger partial charge >= 0.3 is 0 Å². The van der Waals surface area contributed by atoms with Crippen LogP contribution in [-0.2, 0) is 64.2 Å². The quantitative estimate of drug-likeness (QED) is 0.0270. The molecule has 0 aliphatic heterocycles. The second-order valence-corrected chi connectivity index (χ2v) is 35.6. The van der Waals surface area contributed by atoms with Gasteiger partial charge in [0.2, 0.25) is 29.7 Å². The van der Waals surface area contributed by atoms with Crippen LogP contribution in [0.3, 0.4) is 0 Å². The van der Waals surface area contributed by atoms with Crippen LogP contribution in [0.25, 0.3) is 0 Å². The Morgan fingerprint density at radius 3 is 0.724 bits per heavy atom. The normalized spacial score (nSPS) is 10.7. The number of aromatic nitrogens is 15. The van der Waals surface area contributed by atoms with Gasteiger partial charge < -0.3 is 31.3 Å². The van der Waals surface area contributed by atoms with Gasteiger partial charge in [-0.15, -0.1) is 0 Å². The Hall–Kier alpha value is -17.9. The van der Waals surface area contributed by atoms with Crippen molar-refractivity contribution in [2.24, 2.45) is 0 Å². The van der Waals surface area contributed by atoms with Crippen LogP contribution in [0.2, 0.25) is 0 Å². The molecule has 0 atom stereocenters. The molecule has 20 aromatic rings. The average molecular weight is 1900 g/mol. The van der Waals surface area contributed by atoms with E-state index in [1.807, 2.05) is 206 Å². The van der Waals surface area contributed by atoms with Gasteiger partial charge in [-0.25, -0.2) is 24.9 Å². The summed E-state index contributed by atoms with van der Waals surface area (Å²) in [6.07, 6.45) is 6.70. The Morgan fingerprint density at radius 2 is 0.421 bits per heavy atom. The molecule has 0 fully saturated rings. The average Bonchev–Trinajstić information content (AvgIpc) is 0.830. The monoisotopic (exact) mass is 1900 g/mol. The number of benzene rings is 15. The van der Waals surface area contributed by atoms with Crippen molar-refractivity contribution in [3.63, 3.8) is 0 Å². The van der Waals surface area contributed by atoms with Crippen LogP contribution in [-0.4, -0.2) is 81.9 Å². The number of rotatable bonds is 31. The van der Waals surface area contributed by atoms with E-state index in [0.29, 0.717) is 93.9 Å². The number of anilines is 10. The second kappa shape index (κ2) is 51.4. The first-order valence-corrected chi connectivity index (χ1v) is 48.8. The topological polar surface area (TPSA) is 263 Å². The van der Waals surface area contributed by atoms with Crippen molar-refractivity contribution < 1.29 is 4.74 Å². The fourth-order valence-corrected chi connectivity index (χ4v) is 16.0. The van der Waals surface area contributed by atoms with Crippen LogP contribution in [0.1, 0.15) is 158 Å². The molecule has 145 heavy (non-hydrogen) atoms. The second-order valence-electron chi connectivity index (χ2n) is 35.6. The van der Waals surface area contributed by atoms with Crippen molar-refractivity contribution in [3.8, 4) is 5.75 Å². The van der Waals surface area contributed by atoms with Gasteiger partial charge in [0, 0.05) is 92.6 Å². The van der Waals surface area contributed by atoms with Gasteiger partial charge in [-0.05, 0) is 193 Å². The molecule has 20 rings (SSSR count). The molecule has 21 nitrogen and oxygen atoms in total. The molecule has 0 unspecified atom stereocenters. The Kier molecular flexibility index (Phi) is 35.5. The zero-order valence-electron chi connectivity index (χ0n) is 83.3. The predicted octanol–water partition coefficient (Wildman–Crippen LogP) is 26.5. The molecule has 5 heterocycles. The van der Waals surface area contributed by atoms with Crippen LogP contribution >= 0.6 is 0 Å². The number of hydrogen-bond acceptors (Lipinski definition) is 21. The van der Waals surface area contributed by atoms with Gasteiger partial charge in [0.1, 0.15) is 64.0 Å². The molecule has 720 valence electrons. The SMILES string of the molecule is COc1ccc(Nc2nc(Cc3ccc(C)cc3)nc(Cc3ccc(C)cc3)n2)cc1.Cc1cccc(C)c1Nc1nc(Cc2ccccc2)nc(Cc2ccccc2)n1.Cc1cccc(Nc2nc(Cc3ccccc3)nc(Cc3ccccc3)n2)c1.Cc1cccc(Nc2nc(Cc3ccccc3)nc(Cc3ccccc3)n2)c1C.Cc1ccccc1Nc1nc(Cc2ccccc2)nc(Cc2ccccc2)n1. The molecule has 0 bridgehead atoms. The summed E-state index contributed by atoms with van der Waals surface area (Å²) in [7, 11) is 1.66. The first-order valence-electron chi connectivity index (χ1n) is 48.8. The van der Waals surface area contributed by atoms with Crippen LogP contribution < -0.4 is 31.3 Å². The summed E-state index contributed by atoms with van der Waals surface area (Å²) in [4.78, 5) is 70.6. The van der Waals surface area contributed by atoms with E-state index in [1.165, 1.54) is 94.6 Å². The van der Waals surface area contributed by atoms with Gasteiger partial charge in [-0.2, -0.15) is 49.8 Å². The highest BCUT2D eigenvalue weighted by atomic mass is 16.5. The first-order chi connectivity index (χ1) is 70.9. The van der Waals surface area contributed by atoms with Crippen LogP contribution in [0.4, 0.5) is 58.2 Å². The molecule has 21 heteroatoms. The lowest BCUT2D eigenvalue weighted by Gasteiger charge is -2.13. The summed E-state index contributed by atoms with van der Waals surface area (Å²) in [5.74, 6) is 11.3. The molecular weight excluding hydrogens is 1790 g/mol. The molecule has 0 aliphatic rings. The summed E-state index contributed by atoms with van der Waals surface area (Å²) < 4.78 is 5.24. The zero-order valence-corrected chi connectivity index (χ0v) is 83.3. The molecule has 5 aromatic heterocycles. The molecule has 0 radical (unpaired) electrons. The fourth-order valence-electron chi connectivity index (χ4n) is 16.0. The molecular formula is C124H118N20O. The maximum absolute atomic E-state index is 5.24. The van der Waals surface area contributed by atoms with E-state index in [1.54, 1.807) is 7.11 Å². The van der Waals surface area contributed by atoms with Crippen molar-refractivity contribution >= 4 is 58.2 Å². The van der Waals surface area contributed by atoms with Crippen molar-refractivity contribution in [2.45, 2.75) is 120 Å². The minimum Gasteiger partial charge on any atom is -0.497 e. The molecule has 0 aliphatic carbocycles. The van der Waals surface area contributed by atoms with Gasteiger partial charge in [-0.1, -0.05) is 363 Å². The van der Waals surface area contributed by atoms with Crippen LogP contribution in [0.15, 0.2) is 400 Å². The number of ether oxygens (including phenoxy) is 1.